The van der Waals surface area contributed by atoms with Crippen molar-refractivity contribution >= 4 is 23.2 Å². The van der Waals surface area contributed by atoms with Crippen molar-refractivity contribution in [1.29, 1.82) is 0 Å². The van der Waals surface area contributed by atoms with E-state index in [1.54, 1.807) is 59.0 Å². The Balaban J connectivity index is 2.91. The third-order valence-corrected chi connectivity index (χ3v) is 4.01. The van der Waals surface area contributed by atoms with E-state index in [0.717, 1.165) is 5.69 Å². The van der Waals surface area contributed by atoms with Crippen molar-refractivity contribution in [3.05, 3.63) is 24.3 Å². The third kappa shape index (κ3) is 3.98. The Kier molecular flexibility index (Phi) is 5.54. The molecule has 0 spiro atoms. The molecular formula is C16H26N4O2. The molecule has 22 heavy (non-hydrogen) atoms. The first-order valence-electron chi connectivity index (χ1n) is 7.27. The predicted molar refractivity (Wildman–Crippen MR) is 89.0 cm³/mol. The van der Waals surface area contributed by atoms with Crippen molar-refractivity contribution in [2.24, 2.45) is 17.1 Å². The van der Waals surface area contributed by atoms with Crippen LogP contribution in [0.2, 0.25) is 0 Å². The number of benzene rings is 1. The summed E-state index contributed by atoms with van der Waals surface area (Å²) in [6.07, 6.45) is -0.455. The molecule has 122 valence electrons. The summed E-state index contributed by atoms with van der Waals surface area (Å²) in [5.74, 6) is -0.891. The fourth-order valence-electron chi connectivity index (χ4n) is 2.01. The average Bonchev–Trinajstić information content (AvgIpc) is 2.44. The van der Waals surface area contributed by atoms with E-state index in [9.17, 15) is 9.59 Å². The topological polar surface area (TPSA) is 101 Å². The number of hydrogen-bond acceptors (Lipinski definition) is 4. The van der Waals surface area contributed by atoms with Crippen LogP contribution in [0.15, 0.2) is 24.3 Å². The van der Waals surface area contributed by atoms with Gasteiger partial charge in [0.05, 0.1) is 11.6 Å². The van der Waals surface area contributed by atoms with Gasteiger partial charge in [0.25, 0.3) is 0 Å². The third-order valence-electron chi connectivity index (χ3n) is 4.01. The van der Waals surface area contributed by atoms with Gasteiger partial charge in [-0.3, -0.25) is 9.59 Å². The number of nitrogens with one attached hydrogen (secondary N) is 1. The highest BCUT2D eigenvalue weighted by atomic mass is 16.2. The molecule has 5 N–H and O–H groups in total. The van der Waals surface area contributed by atoms with Crippen LogP contribution in [0, 0.1) is 11.3 Å². The smallest absolute Gasteiger partial charge is 0.230 e. The van der Waals surface area contributed by atoms with Gasteiger partial charge in [0, 0.05) is 24.3 Å². The van der Waals surface area contributed by atoms with E-state index in [0.29, 0.717) is 5.69 Å². The van der Waals surface area contributed by atoms with Crippen molar-refractivity contribution < 1.29 is 9.59 Å². The van der Waals surface area contributed by atoms with Crippen molar-refractivity contribution in [1.82, 2.24) is 5.32 Å². The number of nitrogen functional groups attached to an aromatic ring is 1. The molecule has 2 unspecified atom stereocenters. The van der Waals surface area contributed by atoms with Gasteiger partial charge in [-0.05, 0) is 31.2 Å². The zero-order valence-electron chi connectivity index (χ0n) is 13.9. The second kappa shape index (κ2) is 6.79. The number of hydrogen-bond donors (Lipinski definition) is 3. The molecule has 1 aromatic carbocycles. The van der Waals surface area contributed by atoms with E-state index < -0.39 is 17.5 Å². The van der Waals surface area contributed by atoms with Crippen LogP contribution in [0.4, 0.5) is 11.4 Å². The minimum absolute atomic E-state index is 0.144. The van der Waals surface area contributed by atoms with Gasteiger partial charge in [0.2, 0.25) is 11.8 Å². The monoisotopic (exact) mass is 306 g/mol. The van der Waals surface area contributed by atoms with E-state index in [1.165, 1.54) is 4.90 Å². The number of nitrogens with zero attached hydrogens (tertiary/aromatic N) is 1. The Bertz CT molecular complexity index is 538. The lowest BCUT2D eigenvalue weighted by Crippen LogP contribution is -2.51. The number of amides is 2. The first-order chi connectivity index (χ1) is 10.1. The van der Waals surface area contributed by atoms with E-state index in [1.807, 2.05) is 0 Å². The van der Waals surface area contributed by atoms with Gasteiger partial charge in [-0.2, -0.15) is 0 Å². The van der Waals surface area contributed by atoms with Gasteiger partial charge in [-0.15, -0.1) is 0 Å². The molecule has 0 saturated carbocycles. The summed E-state index contributed by atoms with van der Waals surface area (Å²) >= 11 is 0. The van der Waals surface area contributed by atoms with Crippen LogP contribution in [-0.2, 0) is 9.59 Å². The quantitative estimate of drug-likeness (QED) is 0.564. The maximum absolute atomic E-state index is 12.6. The van der Waals surface area contributed by atoms with E-state index >= 15 is 0 Å². The number of carbonyl (C=O) groups excluding carboxylic acids is 2. The standard InChI is InChI=1S/C16H26N4O2/c1-10(16(3,4)15(22)19-11(2)17)14(21)20(5)13-8-6-12(18)7-9-13/h6-11H,17-18H2,1-5H3,(H,19,22). The fourth-order valence-corrected chi connectivity index (χ4v) is 2.01. The summed E-state index contributed by atoms with van der Waals surface area (Å²) in [7, 11) is 1.68. The molecule has 0 radical (unpaired) electrons. The SMILES string of the molecule is CC(N)NC(=O)C(C)(C)C(C)C(=O)N(C)c1ccc(N)cc1. The molecule has 0 aromatic heterocycles. The number of anilines is 2. The van der Waals surface area contributed by atoms with Crippen LogP contribution in [0.25, 0.3) is 0 Å². The minimum atomic E-state index is -0.868. The molecule has 0 aliphatic carbocycles. The molecule has 0 fully saturated rings. The second-order valence-corrected chi connectivity index (χ2v) is 6.19. The first-order valence-corrected chi connectivity index (χ1v) is 7.27. The largest absolute Gasteiger partial charge is 0.399 e. The molecule has 1 rings (SSSR count). The van der Waals surface area contributed by atoms with Gasteiger partial charge < -0.3 is 21.7 Å². The van der Waals surface area contributed by atoms with Crippen molar-refractivity contribution in [2.75, 3.05) is 17.7 Å². The Morgan fingerprint density at radius 2 is 1.68 bits per heavy atom. The van der Waals surface area contributed by atoms with Crippen LogP contribution in [0.1, 0.15) is 27.7 Å². The lowest BCUT2D eigenvalue weighted by Gasteiger charge is -2.33. The highest BCUT2D eigenvalue weighted by Crippen LogP contribution is 2.30. The van der Waals surface area contributed by atoms with E-state index in [4.69, 9.17) is 11.5 Å². The summed E-state index contributed by atoms with van der Waals surface area (Å²) < 4.78 is 0. The summed E-state index contributed by atoms with van der Waals surface area (Å²) in [5.41, 5.74) is 11.7. The lowest BCUT2D eigenvalue weighted by molar-refractivity contribution is -0.138. The van der Waals surface area contributed by atoms with Crippen LogP contribution in [0.3, 0.4) is 0 Å². The molecule has 1 aromatic rings. The van der Waals surface area contributed by atoms with Crippen LogP contribution < -0.4 is 21.7 Å². The Hall–Kier alpha value is -2.08. The number of nitrogens with two attached hydrogens (primary N) is 2. The molecule has 0 aliphatic heterocycles. The zero-order chi connectivity index (χ0) is 17.1. The second-order valence-electron chi connectivity index (χ2n) is 6.19. The molecular weight excluding hydrogens is 280 g/mol. The van der Waals surface area contributed by atoms with Crippen LogP contribution in [-0.4, -0.2) is 25.0 Å². The maximum Gasteiger partial charge on any atom is 0.230 e. The van der Waals surface area contributed by atoms with E-state index in [-0.39, 0.29) is 11.8 Å². The average molecular weight is 306 g/mol. The highest BCUT2D eigenvalue weighted by molar-refractivity contribution is 5.98. The molecule has 6 nitrogen and oxygen atoms in total. The van der Waals surface area contributed by atoms with Gasteiger partial charge in [-0.25, -0.2) is 0 Å². The Labute approximate surface area is 131 Å². The molecule has 0 heterocycles. The summed E-state index contributed by atoms with van der Waals surface area (Å²) in [5, 5.41) is 2.66. The zero-order valence-corrected chi connectivity index (χ0v) is 13.9. The Morgan fingerprint density at radius 1 is 1.18 bits per heavy atom. The molecule has 2 atom stereocenters. The number of rotatable bonds is 5. The predicted octanol–water partition coefficient (Wildman–Crippen LogP) is 1.31. The maximum atomic E-state index is 12.6. The van der Waals surface area contributed by atoms with Crippen molar-refractivity contribution in [2.45, 2.75) is 33.9 Å². The summed E-state index contributed by atoms with van der Waals surface area (Å²) in [6, 6.07) is 7.01. The van der Waals surface area contributed by atoms with Gasteiger partial charge in [0.15, 0.2) is 0 Å². The fraction of sp³-hybridized carbons (Fsp3) is 0.500. The Morgan fingerprint density at radius 3 is 2.14 bits per heavy atom. The normalized spacial score (nSPS) is 14.1. The van der Waals surface area contributed by atoms with Crippen molar-refractivity contribution in [3.8, 4) is 0 Å². The molecule has 0 aliphatic rings. The molecule has 0 saturated heterocycles. The van der Waals surface area contributed by atoms with Crippen molar-refractivity contribution in [3.63, 3.8) is 0 Å². The molecule has 6 heteroatoms. The van der Waals surface area contributed by atoms with Crippen LogP contribution >= 0.6 is 0 Å². The minimum Gasteiger partial charge on any atom is -0.399 e. The van der Waals surface area contributed by atoms with Gasteiger partial charge >= 0.3 is 0 Å². The lowest BCUT2D eigenvalue weighted by atomic mass is 9.78. The van der Waals surface area contributed by atoms with Gasteiger partial charge in [0.1, 0.15) is 0 Å². The van der Waals surface area contributed by atoms with E-state index in [2.05, 4.69) is 5.32 Å². The van der Waals surface area contributed by atoms with Crippen LogP contribution in [0.5, 0.6) is 0 Å². The van der Waals surface area contributed by atoms with Gasteiger partial charge in [-0.1, -0.05) is 20.8 Å². The highest BCUT2D eigenvalue weighted by Gasteiger charge is 2.39. The summed E-state index contributed by atoms with van der Waals surface area (Å²) in [4.78, 5) is 26.4. The first kappa shape index (κ1) is 18.0. The number of carbonyl (C=O) groups is 2. The molecule has 0 bridgehead atoms. The summed E-state index contributed by atoms with van der Waals surface area (Å²) in [6.45, 7) is 6.91. The molecule has 2 amide bonds.